The van der Waals surface area contributed by atoms with Crippen LogP contribution in [0.25, 0.3) is 10.9 Å². The number of nitrogens with zero attached hydrogens (tertiary/aromatic N) is 1. The first-order valence-corrected chi connectivity index (χ1v) is 10.1. The quantitative estimate of drug-likeness (QED) is 0.736. The number of hydrogen-bond donors (Lipinski definition) is 2. The third-order valence-corrected chi connectivity index (χ3v) is 6.04. The summed E-state index contributed by atoms with van der Waals surface area (Å²) >= 11 is 0. The highest BCUT2D eigenvalue weighted by molar-refractivity contribution is 5.89. The standard InChI is InChI=1S/C22H31N3O2/c1-4-19-21(15(2)8-9-20(27)24-14-26)18-7-5-6-17(22(18)25(19)3)16-10-12-23-13-11-16/h5-7,14-16,23H,4,8-13H2,1-3H3,(H,24,26,27). The van der Waals surface area contributed by atoms with Gasteiger partial charge in [-0.3, -0.25) is 14.9 Å². The lowest BCUT2D eigenvalue weighted by atomic mass is 9.87. The molecule has 146 valence electrons. The summed E-state index contributed by atoms with van der Waals surface area (Å²) in [5.74, 6) is 0.671. The van der Waals surface area contributed by atoms with Crippen molar-refractivity contribution < 1.29 is 9.59 Å². The minimum absolute atomic E-state index is 0.203. The monoisotopic (exact) mass is 369 g/mol. The fourth-order valence-electron chi connectivity index (χ4n) is 4.69. The second-order valence-electron chi connectivity index (χ2n) is 7.67. The van der Waals surface area contributed by atoms with Crippen molar-refractivity contribution in [3.63, 3.8) is 0 Å². The van der Waals surface area contributed by atoms with Crippen LogP contribution >= 0.6 is 0 Å². The van der Waals surface area contributed by atoms with E-state index in [0.717, 1.165) is 25.9 Å². The van der Waals surface area contributed by atoms with Crippen molar-refractivity contribution in [3.05, 3.63) is 35.0 Å². The molecule has 0 spiro atoms. The first-order valence-electron chi connectivity index (χ1n) is 10.1. The molecule has 5 heteroatoms. The van der Waals surface area contributed by atoms with E-state index in [2.05, 4.69) is 54.3 Å². The molecule has 0 radical (unpaired) electrons. The van der Waals surface area contributed by atoms with E-state index >= 15 is 0 Å². The van der Waals surface area contributed by atoms with E-state index in [1.54, 1.807) is 0 Å². The molecule has 1 aromatic carbocycles. The molecule has 1 aliphatic heterocycles. The Hall–Kier alpha value is -2.14. The van der Waals surface area contributed by atoms with Gasteiger partial charge < -0.3 is 9.88 Å². The van der Waals surface area contributed by atoms with Crippen LogP contribution in [0.2, 0.25) is 0 Å². The molecule has 5 nitrogen and oxygen atoms in total. The molecule has 1 saturated heterocycles. The van der Waals surface area contributed by atoms with Gasteiger partial charge in [-0.1, -0.05) is 32.0 Å². The molecule has 1 aromatic heterocycles. The molecule has 2 N–H and O–H groups in total. The highest BCUT2D eigenvalue weighted by Crippen LogP contribution is 2.39. The van der Waals surface area contributed by atoms with Gasteiger partial charge in [-0.05, 0) is 61.7 Å². The maximum atomic E-state index is 11.7. The van der Waals surface area contributed by atoms with Crippen LogP contribution in [0.4, 0.5) is 0 Å². The Morgan fingerprint density at radius 1 is 1.37 bits per heavy atom. The van der Waals surface area contributed by atoms with Gasteiger partial charge in [-0.2, -0.15) is 0 Å². The number of carbonyl (C=O) groups excluding carboxylic acids is 2. The molecule has 2 amide bonds. The maximum absolute atomic E-state index is 11.7. The number of piperidine rings is 1. The number of rotatable bonds is 7. The summed E-state index contributed by atoms with van der Waals surface area (Å²) in [7, 11) is 2.18. The SMILES string of the molecule is CCc1c(C(C)CCC(=O)NC=O)c2cccc(C3CCNCC3)c2n1C. The zero-order chi connectivity index (χ0) is 19.4. The predicted octanol–water partition coefficient (Wildman–Crippen LogP) is 3.36. The Balaban J connectivity index is 1.99. The summed E-state index contributed by atoms with van der Waals surface area (Å²) in [5, 5.41) is 7.03. The largest absolute Gasteiger partial charge is 0.347 e. The van der Waals surface area contributed by atoms with Gasteiger partial charge >= 0.3 is 0 Å². The van der Waals surface area contributed by atoms with E-state index < -0.39 is 0 Å². The average molecular weight is 370 g/mol. The molecule has 2 aromatic rings. The number of aryl methyl sites for hydroxylation is 1. The Morgan fingerprint density at radius 2 is 2.11 bits per heavy atom. The predicted molar refractivity (Wildman–Crippen MR) is 109 cm³/mol. The van der Waals surface area contributed by atoms with Crippen molar-refractivity contribution in [1.29, 1.82) is 0 Å². The van der Waals surface area contributed by atoms with Crippen LogP contribution in [0.1, 0.15) is 68.2 Å². The summed E-state index contributed by atoms with van der Waals surface area (Å²) in [6.45, 7) is 6.56. The molecule has 2 heterocycles. The molecule has 0 aliphatic carbocycles. The molecule has 3 rings (SSSR count). The molecular formula is C22H31N3O2. The van der Waals surface area contributed by atoms with Gasteiger partial charge in [0.2, 0.25) is 12.3 Å². The first kappa shape index (κ1) is 19.6. The van der Waals surface area contributed by atoms with Gasteiger partial charge in [0.15, 0.2) is 0 Å². The topological polar surface area (TPSA) is 63.1 Å². The molecular weight excluding hydrogens is 338 g/mol. The smallest absolute Gasteiger partial charge is 0.226 e. The highest BCUT2D eigenvalue weighted by atomic mass is 16.2. The maximum Gasteiger partial charge on any atom is 0.226 e. The van der Waals surface area contributed by atoms with Gasteiger partial charge in [-0.15, -0.1) is 0 Å². The zero-order valence-electron chi connectivity index (χ0n) is 16.7. The van der Waals surface area contributed by atoms with Crippen molar-refractivity contribution in [2.24, 2.45) is 7.05 Å². The van der Waals surface area contributed by atoms with E-state index in [1.165, 1.54) is 40.6 Å². The number of nitrogens with one attached hydrogen (secondary N) is 2. The van der Waals surface area contributed by atoms with E-state index in [0.29, 0.717) is 18.7 Å². The van der Waals surface area contributed by atoms with E-state index in [1.807, 2.05) is 0 Å². The van der Waals surface area contributed by atoms with Gasteiger partial charge in [0, 0.05) is 24.5 Å². The van der Waals surface area contributed by atoms with Crippen LogP contribution in [0, 0.1) is 0 Å². The van der Waals surface area contributed by atoms with Crippen LogP contribution < -0.4 is 10.6 Å². The summed E-state index contributed by atoms with van der Waals surface area (Å²) < 4.78 is 2.38. The summed E-state index contributed by atoms with van der Waals surface area (Å²) in [6.07, 6.45) is 4.91. The van der Waals surface area contributed by atoms with Crippen molar-refractivity contribution >= 4 is 23.2 Å². The van der Waals surface area contributed by atoms with Crippen molar-refractivity contribution in [3.8, 4) is 0 Å². The normalized spacial score (nSPS) is 16.4. The van der Waals surface area contributed by atoms with Crippen LogP contribution in [0.5, 0.6) is 0 Å². The molecule has 27 heavy (non-hydrogen) atoms. The van der Waals surface area contributed by atoms with Crippen LogP contribution in [-0.4, -0.2) is 30.0 Å². The molecule has 1 fully saturated rings. The molecule has 0 saturated carbocycles. The Morgan fingerprint density at radius 3 is 2.78 bits per heavy atom. The highest BCUT2D eigenvalue weighted by Gasteiger charge is 2.24. The molecule has 1 unspecified atom stereocenters. The fraction of sp³-hybridized carbons (Fsp3) is 0.545. The van der Waals surface area contributed by atoms with Crippen molar-refractivity contribution in [1.82, 2.24) is 15.2 Å². The number of fused-ring (bicyclic) bond motifs is 1. The lowest BCUT2D eigenvalue weighted by Gasteiger charge is -2.24. The Labute approximate surface area is 161 Å². The Kier molecular flexibility index (Phi) is 6.32. The minimum atomic E-state index is -0.203. The average Bonchev–Trinajstić information content (AvgIpc) is 2.99. The third kappa shape index (κ3) is 3.93. The molecule has 0 bridgehead atoms. The number of aromatic nitrogens is 1. The van der Waals surface area contributed by atoms with Gasteiger partial charge in [-0.25, -0.2) is 0 Å². The van der Waals surface area contributed by atoms with Crippen LogP contribution in [0.15, 0.2) is 18.2 Å². The zero-order valence-corrected chi connectivity index (χ0v) is 16.7. The number of benzene rings is 1. The second-order valence-corrected chi connectivity index (χ2v) is 7.67. The van der Waals surface area contributed by atoms with E-state index in [-0.39, 0.29) is 11.8 Å². The summed E-state index contributed by atoms with van der Waals surface area (Å²) in [5.41, 5.74) is 5.54. The molecule has 1 aliphatic rings. The molecule has 1 atom stereocenters. The number of imide groups is 1. The van der Waals surface area contributed by atoms with Crippen LogP contribution in [-0.2, 0) is 23.1 Å². The first-order chi connectivity index (χ1) is 13.1. The van der Waals surface area contributed by atoms with E-state index in [4.69, 9.17) is 0 Å². The van der Waals surface area contributed by atoms with Crippen molar-refractivity contribution in [2.75, 3.05) is 13.1 Å². The lowest BCUT2D eigenvalue weighted by Crippen LogP contribution is -2.26. The minimum Gasteiger partial charge on any atom is -0.347 e. The van der Waals surface area contributed by atoms with Gasteiger partial charge in [0.05, 0.1) is 5.52 Å². The second kappa shape index (κ2) is 8.70. The van der Waals surface area contributed by atoms with E-state index in [9.17, 15) is 9.59 Å². The number of hydrogen-bond acceptors (Lipinski definition) is 3. The fourth-order valence-corrected chi connectivity index (χ4v) is 4.69. The number of amides is 2. The van der Waals surface area contributed by atoms with Gasteiger partial charge in [0.1, 0.15) is 0 Å². The van der Waals surface area contributed by atoms with Gasteiger partial charge in [0.25, 0.3) is 0 Å². The lowest BCUT2D eigenvalue weighted by molar-refractivity contribution is -0.125. The van der Waals surface area contributed by atoms with Crippen molar-refractivity contribution in [2.45, 2.75) is 57.8 Å². The summed E-state index contributed by atoms with van der Waals surface area (Å²) in [4.78, 5) is 22.2. The Bertz CT molecular complexity index is 819. The number of para-hydroxylation sites is 1. The van der Waals surface area contributed by atoms with Crippen LogP contribution in [0.3, 0.4) is 0 Å². The third-order valence-electron chi connectivity index (χ3n) is 6.04. The summed E-state index contributed by atoms with van der Waals surface area (Å²) in [6, 6.07) is 6.72. The number of carbonyl (C=O) groups is 2.